The van der Waals surface area contributed by atoms with Crippen LogP contribution in [0.5, 0.6) is 11.5 Å². The number of aryl methyl sites for hydroxylation is 1. The molecule has 5 bridgehead atoms. The van der Waals surface area contributed by atoms with Crippen LogP contribution in [0.25, 0.3) is 10.8 Å². The van der Waals surface area contributed by atoms with Gasteiger partial charge in [0.15, 0.2) is 11.9 Å². The molecule has 12 nitrogen and oxygen atoms in total. The number of nitrogens with zero attached hydrogens (tertiary/aromatic N) is 1. The maximum absolute atomic E-state index is 14.3. The number of ether oxygens (including phenoxy) is 2. The average Bonchev–Trinajstić information content (AvgIpc) is 3.08. The molecule has 6 unspecified atom stereocenters. The molecule has 1 saturated heterocycles. The molecule has 0 radical (unpaired) electrons. The van der Waals surface area contributed by atoms with Crippen molar-refractivity contribution in [2.24, 2.45) is 5.41 Å². The van der Waals surface area contributed by atoms with Crippen LogP contribution in [0.2, 0.25) is 0 Å². The molecule has 250 valence electrons. The van der Waals surface area contributed by atoms with Crippen LogP contribution < -0.4 is 10.1 Å². The first-order chi connectivity index (χ1) is 22.9. The van der Waals surface area contributed by atoms with Crippen LogP contribution in [0.15, 0.2) is 54.3 Å². The number of carbonyl (C=O) groups is 2. The van der Waals surface area contributed by atoms with Crippen molar-refractivity contribution in [2.45, 2.75) is 74.8 Å². The van der Waals surface area contributed by atoms with E-state index in [1.54, 1.807) is 19.1 Å². The van der Waals surface area contributed by atoms with E-state index in [-0.39, 0.29) is 45.9 Å². The maximum atomic E-state index is 14.3. The Morgan fingerprint density at radius 2 is 1.73 bits per heavy atom. The fourth-order valence-corrected chi connectivity index (χ4v) is 8.39. The van der Waals surface area contributed by atoms with Gasteiger partial charge in [0.25, 0.3) is 5.79 Å². The molecule has 7 N–H and O–H groups in total. The molecule has 6 aliphatic rings. The lowest BCUT2D eigenvalue weighted by atomic mass is 9.66. The van der Waals surface area contributed by atoms with Gasteiger partial charge in [-0.15, -0.1) is 0 Å². The number of carbonyl (C=O) groups excluding carboxylic acids is 2. The van der Waals surface area contributed by atoms with E-state index in [4.69, 9.17) is 9.47 Å². The van der Waals surface area contributed by atoms with E-state index in [9.17, 15) is 40.2 Å². The molecule has 6 atom stereocenters. The van der Waals surface area contributed by atoms with Crippen LogP contribution in [0.1, 0.15) is 69.5 Å². The highest BCUT2D eigenvalue weighted by molar-refractivity contribution is 6.34. The van der Waals surface area contributed by atoms with Crippen molar-refractivity contribution >= 4 is 28.2 Å². The van der Waals surface area contributed by atoms with E-state index < -0.39 is 59.4 Å². The Balaban J connectivity index is 1.43. The van der Waals surface area contributed by atoms with Crippen molar-refractivity contribution in [2.75, 3.05) is 18.5 Å². The summed E-state index contributed by atoms with van der Waals surface area (Å²) in [6.45, 7) is 0.902. The Morgan fingerprint density at radius 3 is 2.48 bits per heavy atom. The first-order valence-electron chi connectivity index (χ1n) is 16.2. The van der Waals surface area contributed by atoms with Gasteiger partial charge in [0.1, 0.15) is 35.1 Å². The molecule has 5 heterocycles. The van der Waals surface area contributed by atoms with Gasteiger partial charge in [0, 0.05) is 34.7 Å². The van der Waals surface area contributed by atoms with E-state index >= 15 is 0 Å². The quantitative estimate of drug-likeness (QED) is 0.158. The van der Waals surface area contributed by atoms with Crippen LogP contribution in [-0.2, 0) is 4.74 Å². The normalized spacial score (nSPS) is 31.9. The molecule has 2 fully saturated rings. The molecule has 2 aliphatic carbocycles. The standard InChI is InChI=1S/C36H36N2O10/c1-17-11-21-25(22(40)12-17)29(43)27-23-13-20-19(26(27)28(21)42)6-10-37-33(20)38-15-24(41)34(7-3-2-4-8-34)14-18-5-9-36(47-23)32(46)30(44)31(45)35(18,16-39)48-36/h5-6,9-14,24,30-32,39-41,44-46H,2-4,7-8,15-16H2,1H3,(H,37,38). The van der Waals surface area contributed by atoms with Crippen molar-refractivity contribution in [1.82, 2.24) is 4.98 Å². The van der Waals surface area contributed by atoms with Crippen LogP contribution in [0, 0.1) is 12.3 Å². The predicted octanol–water partition coefficient (Wildman–Crippen LogP) is 2.18. The molecule has 3 aromatic rings. The van der Waals surface area contributed by atoms with Gasteiger partial charge in [-0.3, -0.25) is 9.59 Å². The van der Waals surface area contributed by atoms with Gasteiger partial charge in [0.2, 0.25) is 5.78 Å². The molecule has 1 aromatic heterocycles. The number of rotatable bonds is 1. The number of hydrogen-bond acceptors (Lipinski definition) is 12. The van der Waals surface area contributed by atoms with Gasteiger partial charge >= 0.3 is 0 Å². The smallest absolute Gasteiger partial charge is 0.260 e. The number of benzene rings is 2. The molecular formula is C36H36N2O10. The third-order valence-corrected chi connectivity index (χ3v) is 10.9. The number of hydrogen-bond donors (Lipinski definition) is 7. The van der Waals surface area contributed by atoms with Crippen LogP contribution in [-0.4, -0.2) is 96.1 Å². The minimum atomic E-state index is -2.27. The number of pyridine rings is 1. The zero-order valence-corrected chi connectivity index (χ0v) is 26.1. The Kier molecular flexibility index (Phi) is 6.91. The number of ketones is 2. The minimum absolute atomic E-state index is 0.0103. The number of aromatic hydroxyl groups is 1. The number of aliphatic hydroxyl groups excluding tert-OH is 5. The van der Waals surface area contributed by atoms with Crippen LogP contribution in [0.3, 0.4) is 0 Å². The number of phenols is 1. The number of phenolic OH excluding ortho intramolecular Hbond substituents is 1. The van der Waals surface area contributed by atoms with E-state index in [2.05, 4.69) is 10.3 Å². The first-order valence-corrected chi connectivity index (χ1v) is 16.2. The Bertz CT molecular complexity index is 1970. The number of aromatic nitrogens is 1. The summed E-state index contributed by atoms with van der Waals surface area (Å²) in [7, 11) is 0. The largest absolute Gasteiger partial charge is 0.507 e. The Labute approximate surface area is 275 Å². The summed E-state index contributed by atoms with van der Waals surface area (Å²) in [5.41, 5.74) is -2.39. The topological polar surface area (TPSA) is 199 Å². The predicted molar refractivity (Wildman–Crippen MR) is 171 cm³/mol. The first kappa shape index (κ1) is 31.1. The van der Waals surface area contributed by atoms with E-state index in [1.165, 1.54) is 36.5 Å². The molecule has 1 saturated carbocycles. The maximum Gasteiger partial charge on any atom is 0.260 e. The molecular weight excluding hydrogens is 620 g/mol. The lowest BCUT2D eigenvalue weighted by Crippen LogP contribution is -2.74. The van der Waals surface area contributed by atoms with Gasteiger partial charge in [-0.25, -0.2) is 4.98 Å². The second-order valence-corrected chi connectivity index (χ2v) is 13.7. The zero-order valence-electron chi connectivity index (χ0n) is 26.1. The monoisotopic (exact) mass is 656 g/mol. The van der Waals surface area contributed by atoms with Gasteiger partial charge in [0.05, 0.1) is 23.8 Å². The molecule has 9 rings (SSSR count). The highest BCUT2D eigenvalue weighted by atomic mass is 16.7. The van der Waals surface area contributed by atoms with E-state index in [1.807, 2.05) is 0 Å². The summed E-state index contributed by atoms with van der Waals surface area (Å²) < 4.78 is 12.9. The van der Waals surface area contributed by atoms with Crippen LogP contribution in [0.4, 0.5) is 5.82 Å². The van der Waals surface area contributed by atoms with Gasteiger partial charge in [-0.2, -0.15) is 0 Å². The highest BCUT2D eigenvalue weighted by Gasteiger charge is 2.64. The van der Waals surface area contributed by atoms with Crippen LogP contribution >= 0.6 is 0 Å². The van der Waals surface area contributed by atoms with Crippen molar-refractivity contribution in [3.05, 3.63) is 82.1 Å². The lowest BCUT2D eigenvalue weighted by molar-refractivity contribution is -0.346. The summed E-state index contributed by atoms with van der Waals surface area (Å²) in [6, 6.07) is 5.96. The molecule has 12 heteroatoms. The van der Waals surface area contributed by atoms with Crippen molar-refractivity contribution in [3.63, 3.8) is 0 Å². The zero-order chi connectivity index (χ0) is 33.7. The summed E-state index contributed by atoms with van der Waals surface area (Å²) in [6.07, 6.45) is 3.38. The van der Waals surface area contributed by atoms with E-state index in [0.717, 1.165) is 19.3 Å². The Hall–Kier alpha value is -4.17. The summed E-state index contributed by atoms with van der Waals surface area (Å²) >= 11 is 0. The third-order valence-electron chi connectivity index (χ3n) is 10.9. The van der Waals surface area contributed by atoms with Gasteiger partial charge in [-0.05, 0) is 66.6 Å². The highest BCUT2D eigenvalue weighted by Crippen LogP contribution is 2.52. The second-order valence-electron chi connectivity index (χ2n) is 13.7. The van der Waals surface area contributed by atoms with Crippen molar-refractivity contribution in [1.29, 1.82) is 0 Å². The molecule has 4 aliphatic heterocycles. The summed E-state index contributed by atoms with van der Waals surface area (Å²) in [5.74, 6) is -3.85. The third kappa shape index (κ3) is 4.14. The minimum Gasteiger partial charge on any atom is -0.507 e. The molecule has 0 amide bonds. The fourth-order valence-electron chi connectivity index (χ4n) is 8.39. The average molecular weight is 657 g/mol. The molecule has 2 spiro atoms. The van der Waals surface area contributed by atoms with Gasteiger partial charge < -0.3 is 45.4 Å². The van der Waals surface area contributed by atoms with Crippen molar-refractivity contribution < 1.29 is 49.7 Å². The van der Waals surface area contributed by atoms with Crippen molar-refractivity contribution in [3.8, 4) is 11.5 Å². The molecule has 2 aromatic carbocycles. The molecule has 48 heavy (non-hydrogen) atoms. The SMILES string of the molecule is Cc1cc(O)c2c(c1)C(=O)c1c(c3cc4c(nccc14)NCC(O)C1(C=C4C=CC5(O3)OC4(CO)C(O)C(O)C5O)CCCCC1)C2=O. The van der Waals surface area contributed by atoms with E-state index in [0.29, 0.717) is 35.0 Å². The number of anilines is 1. The Morgan fingerprint density at radius 1 is 0.958 bits per heavy atom. The summed E-state index contributed by atoms with van der Waals surface area (Å²) in [4.78, 5) is 33.1. The van der Waals surface area contributed by atoms with Gasteiger partial charge in [-0.1, -0.05) is 31.4 Å². The fraction of sp³-hybridized carbons (Fsp3) is 0.417. The number of aliphatic hydroxyl groups is 5. The lowest BCUT2D eigenvalue weighted by Gasteiger charge is -2.56. The number of nitrogens with one attached hydrogen (secondary N) is 1. The summed E-state index contributed by atoms with van der Waals surface area (Å²) in [5, 5.41) is 71.8. The number of fused-ring (bicyclic) bond motifs is 5. The second kappa shape index (κ2) is 10.7.